The second kappa shape index (κ2) is 4.44. The van der Waals surface area contributed by atoms with Crippen molar-refractivity contribution >= 4 is 11.9 Å². The minimum Gasteiger partial charge on any atom is -0.481 e. The Morgan fingerprint density at radius 3 is 2.71 bits per heavy atom. The number of nitrogens with zero attached hydrogens (tertiary/aromatic N) is 1. The lowest BCUT2D eigenvalue weighted by molar-refractivity contribution is -0.142. The molecule has 0 saturated carbocycles. The summed E-state index contributed by atoms with van der Waals surface area (Å²) < 4.78 is 0. The van der Waals surface area contributed by atoms with E-state index in [1.807, 2.05) is 6.92 Å². The first kappa shape index (κ1) is 11.0. The first-order valence-electron chi connectivity index (χ1n) is 5.10. The Labute approximate surface area is 83.9 Å². The molecule has 0 unspecified atom stereocenters. The number of carboxylic acids is 1. The van der Waals surface area contributed by atoms with E-state index in [9.17, 15) is 9.59 Å². The Hall–Kier alpha value is -1.06. The van der Waals surface area contributed by atoms with Gasteiger partial charge in [0, 0.05) is 19.0 Å². The molecule has 0 aromatic heterocycles. The first-order valence-corrected chi connectivity index (χ1v) is 5.10. The minimum absolute atomic E-state index is 0.0154. The molecule has 1 amide bonds. The molecule has 0 aromatic rings. The van der Waals surface area contributed by atoms with Gasteiger partial charge in [-0.2, -0.15) is 0 Å². The van der Waals surface area contributed by atoms with E-state index >= 15 is 0 Å². The number of hydrogen-bond donors (Lipinski definition) is 1. The van der Waals surface area contributed by atoms with Gasteiger partial charge >= 0.3 is 5.97 Å². The average Bonchev–Trinajstić information content (AvgIpc) is 2.40. The lowest BCUT2D eigenvalue weighted by Gasteiger charge is -2.22. The summed E-state index contributed by atoms with van der Waals surface area (Å²) in [7, 11) is 0. The number of unbranched alkanes of at least 4 members (excludes halogenated alkanes) is 1. The Kier molecular flexibility index (Phi) is 3.49. The van der Waals surface area contributed by atoms with Crippen LogP contribution in [0.4, 0.5) is 0 Å². The summed E-state index contributed by atoms with van der Waals surface area (Å²) in [5, 5.41) is 8.87. The van der Waals surface area contributed by atoms with Crippen molar-refractivity contribution in [3.05, 3.63) is 0 Å². The maximum absolute atomic E-state index is 11.5. The second-order valence-electron chi connectivity index (χ2n) is 3.83. The molecule has 4 nitrogen and oxygen atoms in total. The van der Waals surface area contributed by atoms with E-state index in [0.29, 0.717) is 6.54 Å². The van der Waals surface area contributed by atoms with Gasteiger partial charge in [0.1, 0.15) is 0 Å². The summed E-state index contributed by atoms with van der Waals surface area (Å²) in [5.74, 6) is -1.39. The van der Waals surface area contributed by atoms with Gasteiger partial charge in [0.05, 0.1) is 5.92 Å². The van der Waals surface area contributed by atoms with E-state index in [2.05, 4.69) is 6.92 Å². The van der Waals surface area contributed by atoms with Crippen LogP contribution >= 0.6 is 0 Å². The van der Waals surface area contributed by atoms with Gasteiger partial charge in [0.15, 0.2) is 0 Å². The molecule has 1 N–H and O–H groups in total. The zero-order chi connectivity index (χ0) is 10.7. The maximum Gasteiger partial charge on any atom is 0.309 e. The highest BCUT2D eigenvalue weighted by Gasteiger charge is 2.40. The van der Waals surface area contributed by atoms with Crippen LogP contribution in [0.2, 0.25) is 0 Å². The van der Waals surface area contributed by atoms with Crippen molar-refractivity contribution in [3.63, 3.8) is 0 Å². The van der Waals surface area contributed by atoms with E-state index in [1.165, 1.54) is 0 Å². The third-order valence-corrected chi connectivity index (χ3v) is 2.86. The fourth-order valence-electron chi connectivity index (χ4n) is 1.87. The highest BCUT2D eigenvalue weighted by atomic mass is 16.4. The van der Waals surface area contributed by atoms with Crippen LogP contribution in [0.15, 0.2) is 0 Å². The zero-order valence-corrected chi connectivity index (χ0v) is 8.69. The van der Waals surface area contributed by atoms with Crippen LogP contribution in [0.3, 0.4) is 0 Å². The van der Waals surface area contributed by atoms with E-state index in [-0.39, 0.29) is 18.4 Å². The monoisotopic (exact) mass is 199 g/mol. The molecule has 0 aromatic carbocycles. The molecule has 14 heavy (non-hydrogen) atoms. The number of carbonyl (C=O) groups excluding carboxylic acids is 1. The number of amides is 1. The number of likely N-dealkylation sites (tertiary alicyclic amines) is 1. The molecule has 4 heteroatoms. The summed E-state index contributed by atoms with van der Waals surface area (Å²) >= 11 is 0. The van der Waals surface area contributed by atoms with Gasteiger partial charge in [0.2, 0.25) is 5.91 Å². The van der Waals surface area contributed by atoms with Crippen LogP contribution in [-0.4, -0.2) is 34.5 Å². The highest BCUT2D eigenvalue weighted by molar-refractivity contribution is 5.86. The lowest BCUT2D eigenvalue weighted by atomic mass is 10.0. The summed E-state index contributed by atoms with van der Waals surface area (Å²) in [4.78, 5) is 24.0. The summed E-state index contributed by atoms with van der Waals surface area (Å²) in [6.07, 6.45) is 2.14. The van der Waals surface area contributed by atoms with Gasteiger partial charge in [-0.25, -0.2) is 0 Å². The topological polar surface area (TPSA) is 57.6 Å². The van der Waals surface area contributed by atoms with E-state index in [1.54, 1.807) is 4.90 Å². The number of aliphatic carboxylic acids is 1. The smallest absolute Gasteiger partial charge is 0.309 e. The molecule has 2 atom stereocenters. The lowest BCUT2D eigenvalue weighted by Crippen LogP contribution is -2.35. The fraction of sp³-hybridized carbons (Fsp3) is 0.800. The third-order valence-electron chi connectivity index (χ3n) is 2.86. The summed E-state index contributed by atoms with van der Waals surface area (Å²) in [5.41, 5.74) is 0. The first-order chi connectivity index (χ1) is 6.57. The zero-order valence-electron chi connectivity index (χ0n) is 8.69. The van der Waals surface area contributed by atoms with Crippen molar-refractivity contribution in [2.24, 2.45) is 5.92 Å². The molecule has 0 radical (unpaired) electrons. The van der Waals surface area contributed by atoms with Crippen LogP contribution < -0.4 is 0 Å². The Bertz CT molecular complexity index is 240. The fourth-order valence-corrected chi connectivity index (χ4v) is 1.87. The molecule has 0 bridgehead atoms. The molecule has 1 aliphatic rings. The molecule has 0 aliphatic carbocycles. The van der Waals surface area contributed by atoms with Crippen LogP contribution in [0.1, 0.15) is 33.1 Å². The van der Waals surface area contributed by atoms with Gasteiger partial charge in [-0.3, -0.25) is 9.59 Å². The van der Waals surface area contributed by atoms with E-state index in [4.69, 9.17) is 5.11 Å². The van der Waals surface area contributed by atoms with Gasteiger partial charge in [-0.1, -0.05) is 13.3 Å². The molecular weight excluding hydrogens is 182 g/mol. The minimum atomic E-state index is -0.857. The molecule has 80 valence electrons. The van der Waals surface area contributed by atoms with Crippen molar-refractivity contribution < 1.29 is 14.7 Å². The van der Waals surface area contributed by atoms with Crippen molar-refractivity contribution in [3.8, 4) is 0 Å². The van der Waals surface area contributed by atoms with Gasteiger partial charge in [0.25, 0.3) is 0 Å². The molecule has 1 fully saturated rings. The largest absolute Gasteiger partial charge is 0.481 e. The van der Waals surface area contributed by atoms with E-state index < -0.39 is 11.9 Å². The molecule has 1 aliphatic heterocycles. The number of carboxylic acid groups (broad SMARTS) is 1. The van der Waals surface area contributed by atoms with Crippen molar-refractivity contribution in [1.29, 1.82) is 0 Å². The standard InChI is InChI=1S/C10H17NO3/c1-3-4-5-11-7(2)8(10(13)14)6-9(11)12/h7-8H,3-6H2,1-2H3,(H,13,14)/t7-,8-/m1/s1. The molecule has 1 rings (SSSR count). The Morgan fingerprint density at radius 1 is 1.64 bits per heavy atom. The van der Waals surface area contributed by atoms with E-state index in [0.717, 1.165) is 12.8 Å². The third kappa shape index (κ3) is 2.05. The number of carbonyl (C=O) groups is 2. The van der Waals surface area contributed by atoms with Crippen molar-refractivity contribution in [2.75, 3.05) is 6.54 Å². The SMILES string of the molecule is CCCCN1C(=O)C[C@@H](C(=O)O)[C@H]1C. The Balaban J connectivity index is 2.60. The van der Waals surface area contributed by atoms with Gasteiger partial charge in [-0.15, -0.1) is 0 Å². The molecule has 1 saturated heterocycles. The highest BCUT2D eigenvalue weighted by Crippen LogP contribution is 2.25. The van der Waals surface area contributed by atoms with Crippen LogP contribution in [-0.2, 0) is 9.59 Å². The van der Waals surface area contributed by atoms with Crippen LogP contribution in [0.5, 0.6) is 0 Å². The quantitative estimate of drug-likeness (QED) is 0.737. The predicted octanol–water partition coefficient (Wildman–Crippen LogP) is 1.11. The summed E-state index contributed by atoms with van der Waals surface area (Å²) in [6.45, 7) is 4.57. The second-order valence-corrected chi connectivity index (χ2v) is 3.83. The average molecular weight is 199 g/mol. The number of rotatable bonds is 4. The maximum atomic E-state index is 11.5. The molecular formula is C10H17NO3. The molecule has 0 spiro atoms. The van der Waals surface area contributed by atoms with Crippen LogP contribution in [0, 0.1) is 5.92 Å². The predicted molar refractivity (Wildman–Crippen MR) is 51.8 cm³/mol. The van der Waals surface area contributed by atoms with Crippen molar-refractivity contribution in [2.45, 2.75) is 39.2 Å². The van der Waals surface area contributed by atoms with Crippen LogP contribution in [0.25, 0.3) is 0 Å². The van der Waals surface area contributed by atoms with Gasteiger partial charge < -0.3 is 10.0 Å². The Morgan fingerprint density at radius 2 is 2.29 bits per heavy atom. The van der Waals surface area contributed by atoms with Gasteiger partial charge in [-0.05, 0) is 13.3 Å². The number of hydrogen-bond acceptors (Lipinski definition) is 2. The normalized spacial score (nSPS) is 27.0. The molecule has 1 heterocycles. The summed E-state index contributed by atoms with van der Waals surface area (Å²) in [6, 6.07) is -0.147. The van der Waals surface area contributed by atoms with Crippen molar-refractivity contribution in [1.82, 2.24) is 4.90 Å².